The van der Waals surface area contributed by atoms with Crippen LogP contribution in [0, 0.1) is 0 Å². The van der Waals surface area contributed by atoms with Gasteiger partial charge in [0.15, 0.2) is 11.5 Å². The van der Waals surface area contributed by atoms with E-state index in [9.17, 15) is 9.90 Å². The van der Waals surface area contributed by atoms with Gasteiger partial charge in [0.1, 0.15) is 0 Å². The summed E-state index contributed by atoms with van der Waals surface area (Å²) in [6, 6.07) is 6.44. The predicted octanol–water partition coefficient (Wildman–Crippen LogP) is 1.85. The third-order valence-electron chi connectivity index (χ3n) is 1.61. The van der Waals surface area contributed by atoms with E-state index >= 15 is 0 Å². The highest BCUT2D eigenvalue weighted by molar-refractivity contribution is 5.81. The van der Waals surface area contributed by atoms with E-state index < -0.39 is 12.3 Å². The average Bonchev–Trinajstić information content (AvgIpc) is 2.21. The summed E-state index contributed by atoms with van der Waals surface area (Å²) in [7, 11) is 0. The lowest BCUT2D eigenvalue weighted by Crippen LogP contribution is -2.19. The van der Waals surface area contributed by atoms with Gasteiger partial charge in [0.25, 0.3) is 0 Å². The van der Waals surface area contributed by atoms with Crippen LogP contribution in [0.3, 0.4) is 0 Å². The zero-order valence-corrected chi connectivity index (χ0v) is 8.34. The van der Waals surface area contributed by atoms with Gasteiger partial charge >= 0.3 is 5.97 Å². The van der Waals surface area contributed by atoms with Crippen molar-refractivity contribution < 1.29 is 19.4 Å². The summed E-state index contributed by atoms with van der Waals surface area (Å²) < 4.78 is 9.94. The van der Waals surface area contributed by atoms with E-state index in [-0.39, 0.29) is 11.5 Å². The molecule has 0 saturated carbocycles. The summed E-state index contributed by atoms with van der Waals surface area (Å²) in [4.78, 5) is 10.8. The van der Waals surface area contributed by atoms with Crippen molar-refractivity contribution in [3.63, 3.8) is 0 Å². The van der Waals surface area contributed by atoms with E-state index in [0.717, 1.165) is 6.08 Å². The van der Waals surface area contributed by atoms with Crippen LogP contribution < -0.4 is 4.74 Å². The van der Waals surface area contributed by atoms with Crippen molar-refractivity contribution in [1.29, 1.82) is 0 Å². The Morgan fingerprint density at radius 3 is 2.80 bits per heavy atom. The van der Waals surface area contributed by atoms with Crippen molar-refractivity contribution >= 4 is 5.97 Å². The van der Waals surface area contributed by atoms with Crippen molar-refractivity contribution in [3.8, 4) is 11.5 Å². The number of carbonyl (C=O) groups excluding carboxylic acids is 1. The molecule has 1 atom stereocenters. The maximum atomic E-state index is 10.8. The first-order chi connectivity index (χ1) is 7.13. The number of carbonyl (C=O) groups is 1. The molecule has 0 aliphatic heterocycles. The van der Waals surface area contributed by atoms with Gasteiger partial charge in [0.05, 0.1) is 0 Å². The minimum Gasteiger partial charge on any atom is -0.504 e. The van der Waals surface area contributed by atoms with Gasteiger partial charge in [-0.15, -0.1) is 0 Å². The van der Waals surface area contributed by atoms with Gasteiger partial charge in [0.2, 0.25) is 6.29 Å². The Morgan fingerprint density at radius 2 is 2.20 bits per heavy atom. The minimum atomic E-state index is -0.774. The molecule has 4 heteroatoms. The molecule has 1 unspecified atom stereocenters. The number of phenolic OH excluding ortho intramolecular Hbond substituents is 1. The molecule has 0 heterocycles. The van der Waals surface area contributed by atoms with E-state index in [1.165, 1.54) is 6.07 Å². The van der Waals surface area contributed by atoms with Gasteiger partial charge < -0.3 is 14.6 Å². The zero-order valence-electron chi connectivity index (χ0n) is 8.34. The Labute approximate surface area is 87.7 Å². The number of ether oxygens (including phenoxy) is 2. The summed E-state index contributed by atoms with van der Waals surface area (Å²) >= 11 is 0. The molecule has 0 aliphatic rings. The highest BCUT2D eigenvalue weighted by Gasteiger charge is 2.09. The molecule has 0 saturated heterocycles. The first-order valence-corrected chi connectivity index (χ1v) is 4.41. The van der Waals surface area contributed by atoms with Gasteiger partial charge in [-0.1, -0.05) is 18.7 Å². The number of hydrogen-bond donors (Lipinski definition) is 1. The molecule has 1 aromatic rings. The maximum Gasteiger partial charge on any atom is 0.333 e. The van der Waals surface area contributed by atoms with E-state index in [4.69, 9.17) is 9.47 Å². The van der Waals surface area contributed by atoms with Gasteiger partial charge in [-0.25, -0.2) is 4.79 Å². The number of para-hydroxylation sites is 2. The van der Waals surface area contributed by atoms with Crippen LogP contribution in [0.4, 0.5) is 0 Å². The van der Waals surface area contributed by atoms with Crippen molar-refractivity contribution in [2.24, 2.45) is 0 Å². The van der Waals surface area contributed by atoms with Gasteiger partial charge in [0, 0.05) is 13.0 Å². The number of phenols is 1. The second-order valence-electron chi connectivity index (χ2n) is 2.79. The molecular formula is C11H12O4. The quantitative estimate of drug-likeness (QED) is 0.466. The molecule has 80 valence electrons. The van der Waals surface area contributed by atoms with Crippen molar-refractivity contribution in [2.45, 2.75) is 13.2 Å². The van der Waals surface area contributed by atoms with E-state index in [2.05, 4.69) is 6.58 Å². The molecule has 0 amide bonds. The fraction of sp³-hybridized carbons (Fsp3) is 0.182. The van der Waals surface area contributed by atoms with Crippen LogP contribution in [0.2, 0.25) is 0 Å². The lowest BCUT2D eigenvalue weighted by molar-refractivity contribution is -0.155. The normalized spacial score (nSPS) is 11.5. The molecule has 4 nitrogen and oxygen atoms in total. The molecule has 0 fully saturated rings. The summed E-state index contributed by atoms with van der Waals surface area (Å²) in [6.45, 7) is 4.81. The second kappa shape index (κ2) is 5.05. The standard InChI is InChI=1S/C11H12O4/c1-3-11(13)15-8(2)14-10-7-5-4-6-9(10)12/h3-8,12H,1H2,2H3. The number of rotatable bonds is 4. The smallest absolute Gasteiger partial charge is 0.333 e. The molecule has 0 aliphatic carbocycles. The Kier molecular flexibility index (Phi) is 3.74. The Morgan fingerprint density at radius 1 is 1.53 bits per heavy atom. The molecule has 1 rings (SSSR count). The lowest BCUT2D eigenvalue weighted by atomic mass is 10.3. The van der Waals surface area contributed by atoms with Gasteiger partial charge in [-0.3, -0.25) is 0 Å². The fourth-order valence-electron chi connectivity index (χ4n) is 0.971. The third-order valence-corrected chi connectivity index (χ3v) is 1.61. The van der Waals surface area contributed by atoms with Crippen LogP contribution in [0.15, 0.2) is 36.9 Å². The minimum absolute atomic E-state index is 0.000924. The number of benzene rings is 1. The second-order valence-corrected chi connectivity index (χ2v) is 2.79. The van der Waals surface area contributed by atoms with Crippen LogP contribution in [0.5, 0.6) is 11.5 Å². The Balaban J connectivity index is 2.58. The molecule has 0 aromatic heterocycles. The molecule has 0 spiro atoms. The van der Waals surface area contributed by atoms with E-state index in [1.54, 1.807) is 25.1 Å². The maximum absolute atomic E-state index is 10.8. The van der Waals surface area contributed by atoms with Crippen LogP contribution in [-0.2, 0) is 9.53 Å². The van der Waals surface area contributed by atoms with Crippen LogP contribution in [0.25, 0.3) is 0 Å². The van der Waals surface area contributed by atoms with Crippen molar-refractivity contribution in [1.82, 2.24) is 0 Å². The monoisotopic (exact) mass is 208 g/mol. The largest absolute Gasteiger partial charge is 0.504 e. The van der Waals surface area contributed by atoms with E-state index in [1.807, 2.05) is 0 Å². The molecule has 15 heavy (non-hydrogen) atoms. The first kappa shape index (κ1) is 11.1. The van der Waals surface area contributed by atoms with Crippen molar-refractivity contribution in [3.05, 3.63) is 36.9 Å². The molecule has 0 radical (unpaired) electrons. The summed E-state index contributed by atoms with van der Waals surface area (Å²) in [5, 5.41) is 9.37. The molecule has 1 aromatic carbocycles. The third kappa shape index (κ3) is 3.34. The summed E-state index contributed by atoms with van der Waals surface area (Å²) in [5.41, 5.74) is 0. The van der Waals surface area contributed by atoms with Crippen molar-refractivity contribution in [2.75, 3.05) is 0 Å². The highest BCUT2D eigenvalue weighted by atomic mass is 16.7. The summed E-state index contributed by atoms with van der Waals surface area (Å²) in [5.74, 6) is -0.307. The lowest BCUT2D eigenvalue weighted by Gasteiger charge is -2.14. The highest BCUT2D eigenvalue weighted by Crippen LogP contribution is 2.25. The number of hydrogen-bond acceptors (Lipinski definition) is 4. The first-order valence-electron chi connectivity index (χ1n) is 4.41. The Hall–Kier alpha value is -1.97. The number of aromatic hydroxyl groups is 1. The average molecular weight is 208 g/mol. The number of esters is 1. The molecule has 0 bridgehead atoms. The SMILES string of the molecule is C=CC(=O)OC(C)Oc1ccccc1O. The van der Waals surface area contributed by atoms with Gasteiger partial charge in [-0.05, 0) is 12.1 Å². The summed E-state index contributed by atoms with van der Waals surface area (Å²) in [6.07, 6.45) is 0.272. The molecular weight excluding hydrogens is 196 g/mol. The van der Waals surface area contributed by atoms with Crippen LogP contribution in [-0.4, -0.2) is 17.4 Å². The van der Waals surface area contributed by atoms with Crippen LogP contribution in [0.1, 0.15) is 6.92 Å². The van der Waals surface area contributed by atoms with E-state index in [0.29, 0.717) is 0 Å². The fourth-order valence-corrected chi connectivity index (χ4v) is 0.971. The van der Waals surface area contributed by atoms with Gasteiger partial charge in [-0.2, -0.15) is 0 Å². The topological polar surface area (TPSA) is 55.8 Å². The zero-order chi connectivity index (χ0) is 11.3. The molecule has 1 N–H and O–H groups in total. The predicted molar refractivity (Wildman–Crippen MR) is 54.5 cm³/mol. The Bertz CT molecular complexity index is 359. The van der Waals surface area contributed by atoms with Crippen LogP contribution >= 0.6 is 0 Å².